The van der Waals surface area contributed by atoms with Gasteiger partial charge in [0.1, 0.15) is 0 Å². The Balaban J connectivity index is 0.000000441. The molecule has 5 heteroatoms. The molecule has 1 rings (SSSR count). The Labute approximate surface area is 149 Å². The zero-order valence-electron chi connectivity index (χ0n) is 17.1. The van der Waals surface area contributed by atoms with E-state index in [0.29, 0.717) is 36.6 Å². The average Bonchev–Trinajstić information content (AvgIpc) is 3.20. The van der Waals surface area contributed by atoms with Gasteiger partial charge in [0, 0.05) is 18.5 Å². The van der Waals surface area contributed by atoms with E-state index in [-0.39, 0.29) is 6.10 Å². The zero-order valence-corrected chi connectivity index (χ0v) is 17.1. The predicted molar refractivity (Wildman–Crippen MR) is 100 cm³/mol. The molecule has 0 N–H and O–H groups in total. The standard InChI is InChI=1S/C10H21NO.C9H18FNO/c1-9(2)12-8-10(5-6-10)7-11(3)4;1-8(2)12-7-9(5-10)6-11(3)4/h9H,5-8H2,1-4H3;5,8H,6-7H2,1-4H3/b;9-5+. The van der Waals surface area contributed by atoms with Gasteiger partial charge in [0.2, 0.25) is 0 Å². The van der Waals surface area contributed by atoms with Crippen molar-refractivity contribution < 1.29 is 13.9 Å². The van der Waals surface area contributed by atoms with Gasteiger partial charge in [-0.3, -0.25) is 0 Å². The maximum absolute atomic E-state index is 12.2. The minimum Gasteiger partial charge on any atom is -0.378 e. The highest BCUT2D eigenvalue weighted by atomic mass is 19.1. The molecule has 1 aliphatic rings. The van der Waals surface area contributed by atoms with Crippen LogP contribution in [0.3, 0.4) is 0 Å². The third kappa shape index (κ3) is 12.9. The van der Waals surface area contributed by atoms with Crippen LogP contribution in [0.15, 0.2) is 11.9 Å². The molecule has 144 valence electrons. The van der Waals surface area contributed by atoms with Crippen LogP contribution in [0.4, 0.5) is 4.39 Å². The maximum atomic E-state index is 12.2. The van der Waals surface area contributed by atoms with Crippen LogP contribution in [-0.4, -0.2) is 76.5 Å². The van der Waals surface area contributed by atoms with E-state index in [1.165, 1.54) is 19.4 Å². The molecule has 0 saturated heterocycles. The maximum Gasteiger partial charge on any atom is 0.0894 e. The first-order valence-corrected chi connectivity index (χ1v) is 8.91. The third-order valence-corrected chi connectivity index (χ3v) is 3.61. The van der Waals surface area contributed by atoms with Crippen molar-refractivity contribution in [3.05, 3.63) is 11.9 Å². The lowest BCUT2D eigenvalue weighted by Gasteiger charge is -2.21. The van der Waals surface area contributed by atoms with E-state index >= 15 is 0 Å². The first kappa shape index (κ1) is 23.5. The van der Waals surface area contributed by atoms with Gasteiger partial charge in [-0.1, -0.05) is 0 Å². The quantitative estimate of drug-likeness (QED) is 0.604. The molecule has 0 spiro atoms. The Kier molecular flexibility index (Phi) is 11.7. The van der Waals surface area contributed by atoms with Crippen LogP contribution in [0.25, 0.3) is 0 Å². The Morgan fingerprint density at radius 3 is 1.88 bits per heavy atom. The number of hydrogen-bond donors (Lipinski definition) is 0. The molecular formula is C19H39FN2O2. The van der Waals surface area contributed by atoms with Crippen molar-refractivity contribution in [1.29, 1.82) is 0 Å². The van der Waals surface area contributed by atoms with E-state index in [2.05, 4.69) is 32.8 Å². The van der Waals surface area contributed by atoms with Gasteiger partial charge < -0.3 is 19.3 Å². The lowest BCUT2D eigenvalue weighted by atomic mass is 10.1. The largest absolute Gasteiger partial charge is 0.378 e. The van der Waals surface area contributed by atoms with Gasteiger partial charge in [0.25, 0.3) is 0 Å². The molecule has 0 radical (unpaired) electrons. The lowest BCUT2D eigenvalue weighted by molar-refractivity contribution is 0.0359. The molecule has 1 fully saturated rings. The molecule has 0 unspecified atom stereocenters. The topological polar surface area (TPSA) is 24.9 Å². The van der Waals surface area contributed by atoms with E-state index in [9.17, 15) is 4.39 Å². The summed E-state index contributed by atoms with van der Waals surface area (Å²) in [7, 11) is 8.07. The molecule has 0 bridgehead atoms. The van der Waals surface area contributed by atoms with E-state index in [1.807, 2.05) is 32.8 Å². The summed E-state index contributed by atoms with van der Waals surface area (Å²) in [5.74, 6) is 0. The van der Waals surface area contributed by atoms with Crippen LogP contribution in [-0.2, 0) is 9.47 Å². The van der Waals surface area contributed by atoms with Crippen LogP contribution >= 0.6 is 0 Å². The highest BCUT2D eigenvalue weighted by Crippen LogP contribution is 2.46. The minimum absolute atomic E-state index is 0.155. The van der Waals surface area contributed by atoms with E-state index < -0.39 is 0 Å². The van der Waals surface area contributed by atoms with Crippen LogP contribution in [0.2, 0.25) is 0 Å². The Morgan fingerprint density at radius 2 is 1.54 bits per heavy atom. The number of likely N-dealkylation sites (N-methyl/N-ethyl adjacent to an activating group) is 1. The van der Waals surface area contributed by atoms with Gasteiger partial charge in [-0.2, -0.15) is 0 Å². The molecule has 1 aliphatic carbocycles. The molecular weight excluding hydrogens is 307 g/mol. The van der Waals surface area contributed by atoms with Crippen molar-refractivity contribution in [2.75, 3.05) is 54.5 Å². The monoisotopic (exact) mass is 346 g/mol. The minimum atomic E-state index is 0.155. The molecule has 0 amide bonds. The van der Waals surface area contributed by atoms with Crippen molar-refractivity contribution in [3.63, 3.8) is 0 Å². The zero-order chi connectivity index (χ0) is 18.8. The van der Waals surface area contributed by atoms with Crippen LogP contribution in [0, 0.1) is 5.41 Å². The van der Waals surface area contributed by atoms with Gasteiger partial charge in [0.15, 0.2) is 0 Å². The molecule has 24 heavy (non-hydrogen) atoms. The van der Waals surface area contributed by atoms with Gasteiger partial charge in [-0.15, -0.1) is 0 Å². The van der Waals surface area contributed by atoms with Gasteiger partial charge in [-0.05, 0) is 74.3 Å². The molecule has 1 saturated carbocycles. The van der Waals surface area contributed by atoms with E-state index in [0.717, 1.165) is 6.61 Å². The first-order valence-electron chi connectivity index (χ1n) is 8.91. The summed E-state index contributed by atoms with van der Waals surface area (Å²) in [6.45, 7) is 11.2. The Hall–Kier alpha value is -0.490. The molecule has 0 heterocycles. The fraction of sp³-hybridized carbons (Fsp3) is 0.895. The number of nitrogens with zero attached hydrogens (tertiary/aromatic N) is 2. The van der Waals surface area contributed by atoms with Crippen molar-refractivity contribution >= 4 is 0 Å². The Bertz CT molecular complexity index is 351. The van der Waals surface area contributed by atoms with Gasteiger partial charge in [0.05, 0.1) is 31.8 Å². The van der Waals surface area contributed by atoms with Crippen molar-refractivity contribution in [3.8, 4) is 0 Å². The molecule has 4 nitrogen and oxygen atoms in total. The fourth-order valence-corrected chi connectivity index (χ4v) is 2.33. The van der Waals surface area contributed by atoms with Crippen molar-refractivity contribution in [1.82, 2.24) is 9.80 Å². The number of rotatable bonds is 10. The number of ether oxygens (including phenoxy) is 2. The summed E-state index contributed by atoms with van der Waals surface area (Å²) < 4.78 is 23.1. The van der Waals surface area contributed by atoms with E-state index in [4.69, 9.17) is 9.47 Å². The van der Waals surface area contributed by atoms with Gasteiger partial charge in [-0.25, -0.2) is 4.39 Å². The third-order valence-electron chi connectivity index (χ3n) is 3.61. The first-order chi connectivity index (χ1) is 11.1. The van der Waals surface area contributed by atoms with Crippen molar-refractivity contribution in [2.45, 2.75) is 52.7 Å². The highest BCUT2D eigenvalue weighted by Gasteiger charge is 2.43. The van der Waals surface area contributed by atoms with Crippen LogP contribution in [0.1, 0.15) is 40.5 Å². The normalized spacial score (nSPS) is 16.8. The summed E-state index contributed by atoms with van der Waals surface area (Å²) in [5.41, 5.74) is 1.18. The smallest absolute Gasteiger partial charge is 0.0894 e. The molecule has 0 atom stereocenters. The highest BCUT2D eigenvalue weighted by molar-refractivity contribution is 5.00. The average molecular weight is 347 g/mol. The Morgan fingerprint density at radius 1 is 1.00 bits per heavy atom. The lowest BCUT2D eigenvalue weighted by Crippen LogP contribution is -2.27. The van der Waals surface area contributed by atoms with Gasteiger partial charge >= 0.3 is 0 Å². The second kappa shape index (κ2) is 12.0. The predicted octanol–water partition coefficient (Wildman–Crippen LogP) is 3.58. The SMILES string of the molecule is CC(C)OC/C(=C/F)CN(C)C.CC(C)OCC1(CN(C)C)CC1. The molecule has 0 aromatic heterocycles. The number of hydrogen-bond acceptors (Lipinski definition) is 4. The van der Waals surface area contributed by atoms with E-state index in [1.54, 1.807) is 0 Å². The molecule has 0 aliphatic heterocycles. The summed E-state index contributed by atoms with van der Waals surface area (Å²) in [4.78, 5) is 4.17. The fourth-order valence-electron chi connectivity index (χ4n) is 2.33. The summed E-state index contributed by atoms with van der Waals surface area (Å²) in [6.07, 6.45) is 3.85. The summed E-state index contributed by atoms with van der Waals surface area (Å²) in [5, 5.41) is 0. The molecule has 0 aromatic carbocycles. The van der Waals surface area contributed by atoms with Crippen LogP contribution < -0.4 is 0 Å². The van der Waals surface area contributed by atoms with Crippen molar-refractivity contribution in [2.24, 2.45) is 5.41 Å². The number of halogens is 1. The van der Waals surface area contributed by atoms with Crippen LogP contribution in [0.5, 0.6) is 0 Å². The molecule has 0 aromatic rings. The summed E-state index contributed by atoms with van der Waals surface area (Å²) in [6, 6.07) is 0. The second-order valence-corrected chi connectivity index (χ2v) is 7.96. The second-order valence-electron chi connectivity index (χ2n) is 7.96. The summed E-state index contributed by atoms with van der Waals surface area (Å²) >= 11 is 0.